The van der Waals surface area contributed by atoms with E-state index in [0.717, 1.165) is 23.4 Å². The molecule has 1 aromatic carbocycles. The number of aryl methyl sites for hydroxylation is 2. The maximum absolute atomic E-state index is 14.2. The van der Waals surface area contributed by atoms with Gasteiger partial charge in [0.1, 0.15) is 22.8 Å². The van der Waals surface area contributed by atoms with Crippen LogP contribution in [0.1, 0.15) is 79.9 Å². The molecule has 10 nitrogen and oxygen atoms in total. The zero-order valence-electron chi connectivity index (χ0n) is 24.9. The second kappa shape index (κ2) is 11.5. The molecule has 0 unspecified atom stereocenters. The number of halogens is 1. The highest BCUT2D eigenvalue weighted by atomic mass is 19.1. The van der Waals surface area contributed by atoms with Crippen LogP contribution in [0.4, 0.5) is 4.39 Å². The summed E-state index contributed by atoms with van der Waals surface area (Å²) < 4.78 is 34.1. The lowest BCUT2D eigenvalue weighted by Gasteiger charge is -2.32. The second-order valence-electron chi connectivity index (χ2n) is 12.1. The number of carbonyl (C=O) groups excluding carboxylic acids is 2. The van der Waals surface area contributed by atoms with Crippen LogP contribution < -0.4 is 20.8 Å². The van der Waals surface area contributed by atoms with Crippen molar-refractivity contribution in [2.45, 2.75) is 83.6 Å². The maximum atomic E-state index is 14.2. The van der Waals surface area contributed by atoms with Gasteiger partial charge >= 0.3 is 7.12 Å². The monoisotopic (exact) mass is 577 g/mol. The predicted molar refractivity (Wildman–Crippen MR) is 155 cm³/mol. The molecular formula is C30H37BFN5O5. The van der Waals surface area contributed by atoms with Crippen LogP contribution in [0, 0.1) is 12.7 Å². The van der Waals surface area contributed by atoms with Crippen LogP contribution in [0.2, 0.25) is 0 Å². The van der Waals surface area contributed by atoms with Crippen LogP contribution in [0.5, 0.6) is 11.6 Å². The number of hydrogen-bond acceptors (Lipinski definition) is 7. The van der Waals surface area contributed by atoms with Crippen molar-refractivity contribution >= 4 is 24.4 Å². The van der Waals surface area contributed by atoms with E-state index in [1.54, 1.807) is 36.0 Å². The Hall–Kier alpha value is -3.77. The van der Waals surface area contributed by atoms with E-state index in [9.17, 15) is 14.0 Å². The average Bonchev–Trinajstić information content (AvgIpc) is 3.39. The highest BCUT2D eigenvalue weighted by molar-refractivity contribution is 6.62. The summed E-state index contributed by atoms with van der Waals surface area (Å²) in [6, 6.07) is 9.88. The number of carbonyl (C=O) groups is 2. The Bertz CT molecular complexity index is 1450. The first-order chi connectivity index (χ1) is 19.8. The minimum absolute atomic E-state index is 0.00279. The third-order valence-electron chi connectivity index (χ3n) is 8.40. The summed E-state index contributed by atoms with van der Waals surface area (Å²) >= 11 is 0. The molecule has 0 radical (unpaired) electrons. The molecule has 2 aromatic heterocycles. The first kappa shape index (κ1) is 29.7. The SMILES string of the molecule is Cc1cc(C(=O)N[C@H]2CC[C@H](NC(=O)c3cc(F)cnc3Oc3cccc(B4OC(C)(C)C(C)(C)O4)c3)CC2)nn1C. The predicted octanol–water partition coefficient (Wildman–Crippen LogP) is 3.83. The van der Waals surface area contributed by atoms with E-state index in [-0.39, 0.29) is 29.4 Å². The summed E-state index contributed by atoms with van der Waals surface area (Å²) in [6.45, 7) is 9.80. The van der Waals surface area contributed by atoms with Crippen LogP contribution in [0.15, 0.2) is 42.6 Å². The van der Waals surface area contributed by atoms with E-state index in [0.29, 0.717) is 37.1 Å². The van der Waals surface area contributed by atoms with E-state index in [1.165, 1.54) is 0 Å². The Kier molecular flexibility index (Phi) is 8.13. The van der Waals surface area contributed by atoms with Gasteiger partial charge in [0.05, 0.1) is 17.4 Å². The topological polar surface area (TPSA) is 117 Å². The third-order valence-corrected chi connectivity index (χ3v) is 8.40. The minimum atomic E-state index is -0.644. The Morgan fingerprint density at radius 2 is 1.62 bits per heavy atom. The van der Waals surface area contributed by atoms with Gasteiger partial charge in [0.25, 0.3) is 11.8 Å². The van der Waals surface area contributed by atoms with Gasteiger partial charge in [-0.15, -0.1) is 0 Å². The molecule has 0 atom stereocenters. The fraction of sp³-hybridized carbons (Fsp3) is 0.467. The maximum Gasteiger partial charge on any atom is 0.494 e. The summed E-state index contributed by atoms with van der Waals surface area (Å²) in [7, 11) is 1.21. The summed E-state index contributed by atoms with van der Waals surface area (Å²) in [6.07, 6.45) is 3.72. The molecule has 42 heavy (non-hydrogen) atoms. The lowest BCUT2D eigenvalue weighted by molar-refractivity contribution is 0.00578. The van der Waals surface area contributed by atoms with Crippen molar-refractivity contribution in [2.75, 3.05) is 0 Å². The molecule has 1 saturated carbocycles. The van der Waals surface area contributed by atoms with Crippen molar-refractivity contribution in [3.05, 3.63) is 65.4 Å². The van der Waals surface area contributed by atoms with Crippen LogP contribution in [-0.4, -0.2) is 57.0 Å². The Morgan fingerprint density at radius 3 is 2.21 bits per heavy atom. The number of nitrogens with zero attached hydrogens (tertiary/aromatic N) is 3. The highest BCUT2D eigenvalue weighted by Gasteiger charge is 2.51. The number of hydrogen-bond donors (Lipinski definition) is 2. The normalized spacial score (nSPS) is 21.2. The molecule has 3 heterocycles. The van der Waals surface area contributed by atoms with Gasteiger partial charge in [-0.25, -0.2) is 9.37 Å². The van der Waals surface area contributed by atoms with E-state index < -0.39 is 30.0 Å². The van der Waals surface area contributed by atoms with Crippen molar-refractivity contribution in [2.24, 2.45) is 7.05 Å². The molecule has 12 heteroatoms. The standard InChI is InChI=1S/C30H37BFN5O5/c1-18-14-25(36-37(18)6)27(39)35-22-12-10-21(11-13-22)34-26(38)24-16-20(32)17-33-28(24)40-23-9-7-8-19(15-23)31-41-29(2,3)30(4,5)42-31/h7-9,14-17,21-22H,10-13H2,1-6H3,(H,34,38)(H,35,39)/t21-,22-. The molecule has 5 rings (SSSR count). The Labute approximate surface area is 245 Å². The zero-order chi connectivity index (χ0) is 30.2. The van der Waals surface area contributed by atoms with E-state index in [2.05, 4.69) is 20.7 Å². The van der Waals surface area contributed by atoms with Gasteiger partial charge in [0.15, 0.2) is 0 Å². The molecule has 0 spiro atoms. The molecule has 0 bridgehead atoms. The average molecular weight is 577 g/mol. The number of amides is 2. The smallest absolute Gasteiger partial charge is 0.438 e. The van der Waals surface area contributed by atoms with Gasteiger partial charge in [0, 0.05) is 24.8 Å². The molecule has 2 N–H and O–H groups in total. The molecule has 1 aliphatic heterocycles. The van der Waals surface area contributed by atoms with E-state index >= 15 is 0 Å². The summed E-state index contributed by atoms with van der Waals surface area (Å²) in [5.41, 5.74) is 1.04. The Morgan fingerprint density at radius 1 is 1.00 bits per heavy atom. The van der Waals surface area contributed by atoms with E-state index in [1.807, 2.05) is 40.7 Å². The van der Waals surface area contributed by atoms with Crippen molar-refractivity contribution < 1.29 is 28.0 Å². The number of pyridine rings is 1. The van der Waals surface area contributed by atoms with Crippen LogP contribution >= 0.6 is 0 Å². The summed E-state index contributed by atoms with van der Waals surface area (Å²) in [4.78, 5) is 29.9. The molecule has 3 aromatic rings. The second-order valence-corrected chi connectivity index (χ2v) is 12.1. The molecule has 1 saturated heterocycles. The molecular weight excluding hydrogens is 540 g/mol. The van der Waals surface area contributed by atoms with Crippen molar-refractivity contribution in [1.29, 1.82) is 0 Å². The van der Waals surface area contributed by atoms with Gasteiger partial charge in [-0.3, -0.25) is 14.3 Å². The molecule has 2 aliphatic rings. The van der Waals surface area contributed by atoms with Crippen LogP contribution in [-0.2, 0) is 16.4 Å². The lowest BCUT2D eigenvalue weighted by atomic mass is 9.79. The van der Waals surface area contributed by atoms with Crippen molar-refractivity contribution in [3.63, 3.8) is 0 Å². The molecule has 2 amide bonds. The quantitative estimate of drug-likeness (QED) is 0.410. The first-order valence-electron chi connectivity index (χ1n) is 14.2. The van der Waals surface area contributed by atoms with Crippen LogP contribution in [0.25, 0.3) is 0 Å². The van der Waals surface area contributed by atoms with Gasteiger partial charge in [-0.05, 0) is 90.0 Å². The lowest BCUT2D eigenvalue weighted by Crippen LogP contribution is -2.44. The highest BCUT2D eigenvalue weighted by Crippen LogP contribution is 2.37. The van der Waals surface area contributed by atoms with Gasteiger partial charge in [0.2, 0.25) is 5.88 Å². The largest absolute Gasteiger partial charge is 0.494 e. The molecule has 1 aliphatic carbocycles. The minimum Gasteiger partial charge on any atom is -0.438 e. The molecule has 2 fully saturated rings. The van der Waals surface area contributed by atoms with Gasteiger partial charge in [-0.1, -0.05) is 12.1 Å². The van der Waals surface area contributed by atoms with Crippen LogP contribution in [0.3, 0.4) is 0 Å². The number of rotatable bonds is 7. The summed E-state index contributed by atoms with van der Waals surface area (Å²) in [5.74, 6) is -0.923. The Balaban J connectivity index is 1.21. The zero-order valence-corrected chi connectivity index (χ0v) is 24.9. The fourth-order valence-corrected chi connectivity index (χ4v) is 5.06. The number of ether oxygens (including phenoxy) is 1. The number of nitrogens with one attached hydrogen (secondary N) is 2. The molecule has 222 valence electrons. The number of benzene rings is 1. The first-order valence-corrected chi connectivity index (χ1v) is 14.2. The third kappa shape index (κ3) is 6.34. The summed E-state index contributed by atoms with van der Waals surface area (Å²) in [5, 5.41) is 10.3. The fourth-order valence-electron chi connectivity index (χ4n) is 5.06. The van der Waals surface area contributed by atoms with Crippen molar-refractivity contribution in [3.8, 4) is 11.6 Å². The van der Waals surface area contributed by atoms with E-state index in [4.69, 9.17) is 14.0 Å². The van der Waals surface area contributed by atoms with Gasteiger partial charge in [-0.2, -0.15) is 5.10 Å². The number of aromatic nitrogens is 3. The van der Waals surface area contributed by atoms with Gasteiger partial charge < -0.3 is 24.7 Å². The van der Waals surface area contributed by atoms with Crippen molar-refractivity contribution in [1.82, 2.24) is 25.4 Å².